The molecule has 0 fully saturated rings. The molecule has 2 heterocycles. The largest absolute Gasteiger partial charge is 0.466 e. The lowest BCUT2D eigenvalue weighted by Crippen LogP contribution is -2.36. The van der Waals surface area contributed by atoms with Gasteiger partial charge in [-0.1, -0.05) is 0 Å². The molecule has 23 heavy (non-hydrogen) atoms. The third kappa shape index (κ3) is 4.72. The van der Waals surface area contributed by atoms with Crippen LogP contribution in [-0.2, 0) is 19.3 Å². The van der Waals surface area contributed by atoms with Gasteiger partial charge in [0.15, 0.2) is 11.7 Å². The van der Waals surface area contributed by atoms with Crippen molar-refractivity contribution in [3.05, 3.63) is 39.2 Å². The number of aryl methyl sites for hydroxylation is 2. The Balaban J connectivity index is 1.88. The highest BCUT2D eigenvalue weighted by Crippen LogP contribution is 2.29. The van der Waals surface area contributed by atoms with Crippen molar-refractivity contribution in [3.8, 4) is 0 Å². The summed E-state index contributed by atoms with van der Waals surface area (Å²) in [4.78, 5) is 7.59. The molecule has 0 aliphatic heterocycles. The predicted molar refractivity (Wildman–Crippen MR) is 82.3 cm³/mol. The fourth-order valence-corrected chi connectivity index (χ4v) is 2.68. The van der Waals surface area contributed by atoms with E-state index in [0.717, 1.165) is 33.8 Å². The molecule has 0 aromatic carbocycles. The second-order valence-corrected chi connectivity index (χ2v) is 5.78. The van der Waals surface area contributed by atoms with Crippen LogP contribution < -0.4 is 10.6 Å². The smallest absolute Gasteiger partial charge is 0.434 e. The number of halogens is 3. The number of rotatable bonds is 4. The second-order valence-electron chi connectivity index (χ2n) is 4.84. The van der Waals surface area contributed by atoms with E-state index in [0.29, 0.717) is 17.5 Å². The maximum absolute atomic E-state index is 12.5. The standard InChI is InChI=1S/C14H17F3N4OS/c1-8-4-10(9(2)22-8)5-19-13(18-3)20-6-12-21-11(7-23-12)14(15,16)17/h4,7H,5-6H2,1-3H3,(H2,18,19,20). The molecule has 0 saturated heterocycles. The number of hydrogen-bond acceptors (Lipinski definition) is 4. The number of furan rings is 1. The Labute approximate surface area is 135 Å². The Hall–Kier alpha value is -2.03. The predicted octanol–water partition coefficient (Wildman–Crippen LogP) is 3.24. The van der Waals surface area contributed by atoms with Gasteiger partial charge in [0.2, 0.25) is 0 Å². The van der Waals surface area contributed by atoms with E-state index in [9.17, 15) is 13.2 Å². The van der Waals surface area contributed by atoms with Crippen molar-refractivity contribution in [2.75, 3.05) is 7.05 Å². The fraction of sp³-hybridized carbons (Fsp3) is 0.429. The fourth-order valence-electron chi connectivity index (χ4n) is 1.94. The first-order valence-electron chi connectivity index (χ1n) is 6.81. The zero-order valence-corrected chi connectivity index (χ0v) is 13.7. The molecule has 2 aromatic heterocycles. The minimum Gasteiger partial charge on any atom is -0.466 e. The topological polar surface area (TPSA) is 62.5 Å². The third-order valence-electron chi connectivity index (χ3n) is 3.06. The summed E-state index contributed by atoms with van der Waals surface area (Å²) in [5.74, 6) is 2.12. The normalized spacial score (nSPS) is 12.5. The number of hydrogen-bond donors (Lipinski definition) is 2. The van der Waals surface area contributed by atoms with Gasteiger partial charge in [0.1, 0.15) is 16.5 Å². The average molecular weight is 346 g/mol. The molecule has 0 amide bonds. The molecule has 2 rings (SSSR count). The molecule has 0 radical (unpaired) electrons. The first-order chi connectivity index (χ1) is 10.8. The number of guanidine groups is 1. The lowest BCUT2D eigenvalue weighted by molar-refractivity contribution is -0.140. The Morgan fingerprint density at radius 1 is 1.30 bits per heavy atom. The molecule has 0 spiro atoms. The highest BCUT2D eigenvalue weighted by atomic mass is 32.1. The Morgan fingerprint density at radius 2 is 2.00 bits per heavy atom. The highest BCUT2D eigenvalue weighted by Gasteiger charge is 2.33. The monoisotopic (exact) mass is 346 g/mol. The SMILES string of the molecule is CN=C(NCc1nc(C(F)(F)F)cs1)NCc1cc(C)oc1C. The summed E-state index contributed by atoms with van der Waals surface area (Å²) >= 11 is 0.958. The van der Waals surface area contributed by atoms with Crippen molar-refractivity contribution in [3.63, 3.8) is 0 Å². The summed E-state index contributed by atoms with van der Waals surface area (Å²) in [6.45, 7) is 4.41. The maximum atomic E-state index is 12.5. The van der Waals surface area contributed by atoms with Crippen molar-refractivity contribution in [1.29, 1.82) is 0 Å². The Morgan fingerprint density at radius 3 is 2.52 bits per heavy atom. The van der Waals surface area contributed by atoms with Crippen molar-refractivity contribution >= 4 is 17.3 Å². The summed E-state index contributed by atoms with van der Waals surface area (Å²) in [5, 5.41) is 7.36. The van der Waals surface area contributed by atoms with Crippen LogP contribution in [0.3, 0.4) is 0 Å². The molecule has 5 nitrogen and oxygen atoms in total. The first kappa shape index (κ1) is 17.3. The van der Waals surface area contributed by atoms with Crippen LogP contribution in [-0.4, -0.2) is 18.0 Å². The first-order valence-corrected chi connectivity index (χ1v) is 7.69. The molecule has 0 aliphatic rings. The van der Waals surface area contributed by atoms with Crippen LogP contribution >= 0.6 is 11.3 Å². The Kier molecular flexibility index (Phi) is 5.30. The van der Waals surface area contributed by atoms with E-state index < -0.39 is 11.9 Å². The molecule has 0 unspecified atom stereocenters. The van der Waals surface area contributed by atoms with E-state index in [1.54, 1.807) is 7.05 Å². The number of thiazole rings is 1. The molecular weight excluding hydrogens is 329 g/mol. The number of aromatic nitrogens is 1. The van der Waals surface area contributed by atoms with E-state index in [1.165, 1.54) is 0 Å². The van der Waals surface area contributed by atoms with Gasteiger partial charge in [-0.25, -0.2) is 4.98 Å². The van der Waals surface area contributed by atoms with Crippen molar-refractivity contribution in [2.24, 2.45) is 4.99 Å². The molecular formula is C14H17F3N4OS. The quantitative estimate of drug-likeness (QED) is 0.659. The van der Waals surface area contributed by atoms with E-state index in [2.05, 4.69) is 20.6 Å². The molecule has 0 aliphatic carbocycles. The van der Waals surface area contributed by atoms with Gasteiger partial charge in [-0.05, 0) is 19.9 Å². The van der Waals surface area contributed by atoms with Crippen LogP contribution in [0.25, 0.3) is 0 Å². The van der Waals surface area contributed by atoms with E-state index in [1.807, 2.05) is 19.9 Å². The molecule has 0 saturated carbocycles. The van der Waals surface area contributed by atoms with Gasteiger partial charge >= 0.3 is 6.18 Å². The van der Waals surface area contributed by atoms with E-state index >= 15 is 0 Å². The number of nitrogens with one attached hydrogen (secondary N) is 2. The van der Waals surface area contributed by atoms with Gasteiger partial charge in [0.25, 0.3) is 0 Å². The molecule has 9 heteroatoms. The molecule has 2 aromatic rings. The molecule has 2 N–H and O–H groups in total. The zero-order valence-electron chi connectivity index (χ0n) is 12.9. The van der Waals surface area contributed by atoms with E-state index in [-0.39, 0.29) is 6.54 Å². The molecule has 126 valence electrons. The van der Waals surface area contributed by atoms with Crippen LogP contribution in [0.1, 0.15) is 27.8 Å². The van der Waals surface area contributed by atoms with Crippen LogP contribution in [0.4, 0.5) is 13.2 Å². The van der Waals surface area contributed by atoms with Gasteiger partial charge in [-0.2, -0.15) is 13.2 Å². The van der Waals surface area contributed by atoms with Gasteiger partial charge in [0.05, 0.1) is 6.54 Å². The van der Waals surface area contributed by atoms with Crippen LogP contribution in [0, 0.1) is 13.8 Å². The number of aliphatic imine (C=N–C) groups is 1. The zero-order chi connectivity index (χ0) is 17.0. The Bertz CT molecular complexity index is 690. The maximum Gasteiger partial charge on any atom is 0.434 e. The number of nitrogens with zero attached hydrogens (tertiary/aromatic N) is 2. The number of alkyl halides is 3. The van der Waals surface area contributed by atoms with Gasteiger partial charge in [0, 0.05) is 24.5 Å². The van der Waals surface area contributed by atoms with Crippen molar-refractivity contribution in [2.45, 2.75) is 33.1 Å². The van der Waals surface area contributed by atoms with Gasteiger partial charge in [-0.3, -0.25) is 4.99 Å². The highest BCUT2D eigenvalue weighted by molar-refractivity contribution is 7.09. The lowest BCUT2D eigenvalue weighted by atomic mass is 10.2. The van der Waals surface area contributed by atoms with Crippen molar-refractivity contribution in [1.82, 2.24) is 15.6 Å². The van der Waals surface area contributed by atoms with Crippen LogP contribution in [0.15, 0.2) is 20.9 Å². The minimum absolute atomic E-state index is 0.170. The van der Waals surface area contributed by atoms with Gasteiger partial charge in [-0.15, -0.1) is 11.3 Å². The third-order valence-corrected chi connectivity index (χ3v) is 3.91. The summed E-state index contributed by atoms with van der Waals surface area (Å²) < 4.78 is 42.9. The van der Waals surface area contributed by atoms with E-state index in [4.69, 9.17) is 4.42 Å². The lowest BCUT2D eigenvalue weighted by Gasteiger charge is -2.10. The summed E-state index contributed by atoms with van der Waals surface area (Å²) in [6.07, 6.45) is -4.41. The second kappa shape index (κ2) is 7.03. The van der Waals surface area contributed by atoms with Crippen molar-refractivity contribution < 1.29 is 17.6 Å². The van der Waals surface area contributed by atoms with Crippen LogP contribution in [0.2, 0.25) is 0 Å². The molecule has 0 bridgehead atoms. The van der Waals surface area contributed by atoms with Crippen LogP contribution in [0.5, 0.6) is 0 Å². The summed E-state index contributed by atoms with van der Waals surface area (Å²) in [5.41, 5.74) is 0.130. The average Bonchev–Trinajstić information content (AvgIpc) is 3.05. The minimum atomic E-state index is -4.41. The summed E-state index contributed by atoms with van der Waals surface area (Å²) in [7, 11) is 1.59. The van der Waals surface area contributed by atoms with Gasteiger partial charge < -0.3 is 15.1 Å². The summed E-state index contributed by atoms with van der Waals surface area (Å²) in [6, 6.07) is 1.92. The molecule has 0 atom stereocenters.